The number of furan rings is 1. The highest BCUT2D eigenvalue weighted by Gasteiger charge is 2.52. The van der Waals surface area contributed by atoms with Gasteiger partial charge in [-0.2, -0.15) is 0 Å². The smallest absolute Gasteiger partial charge is 0.136 e. The lowest BCUT2D eigenvalue weighted by atomic mass is 9.70. The molecule has 258 valence electrons. The monoisotopic (exact) mass is 708 g/mol. The molecular formula is C55H32O. The fraction of sp³-hybridized carbons (Fsp3) is 0.0182. The summed E-state index contributed by atoms with van der Waals surface area (Å²) in [6.45, 7) is 0. The Morgan fingerprint density at radius 2 is 0.875 bits per heavy atom. The summed E-state index contributed by atoms with van der Waals surface area (Å²) in [5, 5.41) is 9.79. The molecule has 2 aliphatic rings. The summed E-state index contributed by atoms with van der Waals surface area (Å²) in [5.74, 6) is 0. The van der Waals surface area contributed by atoms with Crippen LogP contribution in [-0.4, -0.2) is 0 Å². The van der Waals surface area contributed by atoms with E-state index in [0.29, 0.717) is 0 Å². The fourth-order valence-electron chi connectivity index (χ4n) is 10.6. The van der Waals surface area contributed by atoms with Gasteiger partial charge in [0.05, 0.1) is 5.41 Å². The summed E-state index contributed by atoms with van der Waals surface area (Å²) < 4.78 is 6.57. The molecule has 1 heteroatoms. The molecule has 2 aliphatic carbocycles. The largest absolute Gasteiger partial charge is 0.456 e. The van der Waals surface area contributed by atoms with E-state index in [1.54, 1.807) is 0 Å². The molecule has 0 atom stereocenters. The van der Waals surface area contributed by atoms with Crippen LogP contribution in [0.3, 0.4) is 0 Å². The van der Waals surface area contributed by atoms with Crippen molar-refractivity contribution in [1.82, 2.24) is 0 Å². The highest BCUT2D eigenvalue weighted by atomic mass is 16.3. The van der Waals surface area contributed by atoms with Crippen molar-refractivity contribution < 1.29 is 4.42 Å². The summed E-state index contributed by atoms with van der Waals surface area (Å²) in [6.07, 6.45) is 0. The van der Waals surface area contributed by atoms with Crippen LogP contribution in [0.5, 0.6) is 0 Å². The molecule has 10 aromatic carbocycles. The minimum absolute atomic E-state index is 0.437. The van der Waals surface area contributed by atoms with E-state index in [9.17, 15) is 0 Å². The molecule has 0 aliphatic heterocycles. The second-order valence-corrected chi connectivity index (χ2v) is 15.5. The van der Waals surface area contributed by atoms with Gasteiger partial charge in [-0.3, -0.25) is 0 Å². The quantitative estimate of drug-likeness (QED) is 0.174. The van der Waals surface area contributed by atoms with Gasteiger partial charge in [-0.25, -0.2) is 0 Å². The first-order valence-electron chi connectivity index (χ1n) is 19.5. The molecule has 0 amide bonds. The third-order valence-electron chi connectivity index (χ3n) is 12.9. The molecule has 1 spiro atoms. The third-order valence-corrected chi connectivity index (χ3v) is 12.9. The summed E-state index contributed by atoms with van der Waals surface area (Å²) in [7, 11) is 0. The SMILES string of the molecule is c1ccc2c(c1)-c1ccccc1C21c2ccc(-c3cccc4oc5cc6ccccc6cc5c34)cc2-c2c1ccc1c(-c3cccc4ccccc34)cccc21. The fourth-order valence-corrected chi connectivity index (χ4v) is 10.6. The Kier molecular flexibility index (Phi) is 5.89. The normalized spacial score (nSPS) is 13.5. The van der Waals surface area contributed by atoms with Gasteiger partial charge in [0.2, 0.25) is 0 Å². The van der Waals surface area contributed by atoms with Crippen LogP contribution in [0, 0.1) is 0 Å². The number of rotatable bonds is 2. The van der Waals surface area contributed by atoms with E-state index in [1.165, 1.54) is 99.1 Å². The van der Waals surface area contributed by atoms with Crippen molar-refractivity contribution in [2.45, 2.75) is 5.41 Å². The summed E-state index contributed by atoms with van der Waals surface area (Å²) >= 11 is 0. The van der Waals surface area contributed by atoms with E-state index in [2.05, 4.69) is 194 Å². The molecule has 0 saturated heterocycles. The van der Waals surface area contributed by atoms with Crippen LogP contribution in [0.25, 0.3) is 98.8 Å². The second kappa shape index (κ2) is 10.9. The topological polar surface area (TPSA) is 13.1 Å². The standard InChI is InChI=1S/C55H32O/c1-2-14-35-32-52-46(30-34(35)13-1)54-38(19-11-25-51(54)56-52)36-26-28-49-45(31-36)53-44-22-10-21-40(39-20-9-15-33-12-3-4-16-37(33)39)41(44)27-29-50(53)55(49)47-23-7-5-17-42(47)43-18-6-8-24-48(43)55/h1-32H. The van der Waals surface area contributed by atoms with Crippen LogP contribution >= 0.6 is 0 Å². The van der Waals surface area contributed by atoms with Crippen LogP contribution in [0.4, 0.5) is 0 Å². The zero-order valence-electron chi connectivity index (χ0n) is 30.4. The van der Waals surface area contributed by atoms with Gasteiger partial charge in [0, 0.05) is 10.8 Å². The molecule has 0 radical (unpaired) electrons. The Balaban J connectivity index is 1.14. The first-order valence-corrected chi connectivity index (χ1v) is 19.5. The molecular weight excluding hydrogens is 677 g/mol. The van der Waals surface area contributed by atoms with Crippen molar-refractivity contribution in [3.05, 3.63) is 216 Å². The van der Waals surface area contributed by atoms with E-state index >= 15 is 0 Å². The zero-order chi connectivity index (χ0) is 36.5. The molecule has 0 unspecified atom stereocenters. The lowest BCUT2D eigenvalue weighted by Crippen LogP contribution is -2.25. The number of hydrogen-bond acceptors (Lipinski definition) is 1. The first kappa shape index (κ1) is 30.1. The molecule has 1 heterocycles. The van der Waals surface area contributed by atoms with Crippen molar-refractivity contribution in [3.63, 3.8) is 0 Å². The molecule has 1 nitrogen and oxygen atoms in total. The van der Waals surface area contributed by atoms with Gasteiger partial charge in [0.1, 0.15) is 11.2 Å². The lowest BCUT2D eigenvalue weighted by molar-refractivity contribution is 0.669. The maximum Gasteiger partial charge on any atom is 0.136 e. The lowest BCUT2D eigenvalue weighted by Gasteiger charge is -2.30. The van der Waals surface area contributed by atoms with Crippen molar-refractivity contribution in [1.29, 1.82) is 0 Å². The molecule has 56 heavy (non-hydrogen) atoms. The van der Waals surface area contributed by atoms with Crippen LogP contribution < -0.4 is 0 Å². The number of benzene rings is 10. The Morgan fingerprint density at radius 3 is 1.70 bits per heavy atom. The van der Waals surface area contributed by atoms with Gasteiger partial charge in [0.15, 0.2) is 0 Å². The van der Waals surface area contributed by atoms with Gasteiger partial charge in [-0.05, 0) is 123 Å². The molecule has 0 saturated carbocycles. The van der Waals surface area contributed by atoms with E-state index in [1.807, 2.05) is 0 Å². The number of fused-ring (bicyclic) bond motifs is 17. The summed E-state index contributed by atoms with van der Waals surface area (Å²) in [5.41, 5.74) is 16.9. The summed E-state index contributed by atoms with van der Waals surface area (Å²) in [6, 6.07) is 72.1. The average molecular weight is 709 g/mol. The van der Waals surface area contributed by atoms with Gasteiger partial charge < -0.3 is 4.42 Å². The number of hydrogen-bond donors (Lipinski definition) is 0. The Morgan fingerprint density at radius 1 is 0.304 bits per heavy atom. The highest BCUT2D eigenvalue weighted by molar-refractivity contribution is 6.17. The Labute approximate surface area is 323 Å². The third kappa shape index (κ3) is 3.79. The van der Waals surface area contributed by atoms with Crippen LogP contribution in [0.15, 0.2) is 199 Å². The van der Waals surface area contributed by atoms with Crippen molar-refractivity contribution in [2.75, 3.05) is 0 Å². The molecule has 11 aromatic rings. The Hall–Kier alpha value is -7.22. The molecule has 13 rings (SSSR count). The van der Waals surface area contributed by atoms with E-state index in [0.717, 1.165) is 21.9 Å². The minimum atomic E-state index is -0.437. The van der Waals surface area contributed by atoms with E-state index in [4.69, 9.17) is 4.42 Å². The predicted octanol–water partition coefficient (Wildman–Crippen LogP) is 14.7. The van der Waals surface area contributed by atoms with Crippen molar-refractivity contribution >= 4 is 54.3 Å². The maximum atomic E-state index is 6.57. The minimum Gasteiger partial charge on any atom is -0.456 e. The van der Waals surface area contributed by atoms with E-state index in [-0.39, 0.29) is 0 Å². The molecule has 0 bridgehead atoms. The van der Waals surface area contributed by atoms with Gasteiger partial charge in [-0.15, -0.1) is 0 Å². The second-order valence-electron chi connectivity index (χ2n) is 15.5. The zero-order valence-corrected chi connectivity index (χ0v) is 30.4. The average Bonchev–Trinajstić information content (AvgIpc) is 3.88. The van der Waals surface area contributed by atoms with Crippen LogP contribution in [-0.2, 0) is 5.41 Å². The van der Waals surface area contributed by atoms with Crippen molar-refractivity contribution in [3.8, 4) is 44.5 Å². The van der Waals surface area contributed by atoms with E-state index < -0.39 is 5.41 Å². The van der Waals surface area contributed by atoms with Crippen LogP contribution in [0.2, 0.25) is 0 Å². The van der Waals surface area contributed by atoms with Gasteiger partial charge in [0.25, 0.3) is 0 Å². The molecule has 0 N–H and O–H groups in total. The van der Waals surface area contributed by atoms with Gasteiger partial charge >= 0.3 is 0 Å². The Bertz CT molecular complexity index is 3440. The highest BCUT2D eigenvalue weighted by Crippen LogP contribution is 2.64. The molecule has 1 aromatic heterocycles. The van der Waals surface area contributed by atoms with Gasteiger partial charge in [-0.1, -0.05) is 170 Å². The van der Waals surface area contributed by atoms with Crippen LogP contribution in [0.1, 0.15) is 22.3 Å². The maximum absolute atomic E-state index is 6.57. The predicted molar refractivity (Wildman–Crippen MR) is 233 cm³/mol. The first-order chi connectivity index (χ1) is 27.8. The van der Waals surface area contributed by atoms with Crippen molar-refractivity contribution in [2.24, 2.45) is 0 Å². The molecule has 0 fully saturated rings. The summed E-state index contributed by atoms with van der Waals surface area (Å²) in [4.78, 5) is 0.